The molecule has 112 valence electrons. The van der Waals surface area contributed by atoms with Gasteiger partial charge in [0.25, 0.3) is 0 Å². The second kappa shape index (κ2) is 7.22. The Bertz CT molecular complexity index is 433. The quantitative estimate of drug-likeness (QED) is 0.766. The smallest absolute Gasteiger partial charge is 0.228 e. The van der Waals surface area contributed by atoms with Crippen LogP contribution in [-0.4, -0.2) is 59.0 Å². The molecule has 0 amide bonds. The van der Waals surface area contributed by atoms with Gasteiger partial charge in [-0.2, -0.15) is 4.98 Å². The predicted molar refractivity (Wildman–Crippen MR) is 85.0 cm³/mol. The van der Waals surface area contributed by atoms with Gasteiger partial charge in [-0.15, -0.1) is 0 Å². The second-order valence-corrected chi connectivity index (χ2v) is 6.12. The van der Waals surface area contributed by atoms with Crippen molar-refractivity contribution in [2.45, 2.75) is 26.9 Å². The van der Waals surface area contributed by atoms with Gasteiger partial charge < -0.3 is 9.64 Å². The zero-order valence-electron chi connectivity index (χ0n) is 12.5. The Morgan fingerprint density at radius 3 is 2.55 bits per heavy atom. The van der Waals surface area contributed by atoms with E-state index < -0.39 is 0 Å². The molecular weight excluding hydrogens is 320 g/mol. The molecule has 0 aromatic carbocycles. The number of hydrogen-bond donors (Lipinski definition) is 0. The third-order valence-electron chi connectivity index (χ3n) is 3.23. The molecule has 2 heterocycles. The van der Waals surface area contributed by atoms with Crippen molar-refractivity contribution in [3.05, 3.63) is 11.8 Å². The van der Waals surface area contributed by atoms with Gasteiger partial charge in [0.1, 0.15) is 0 Å². The molecule has 1 aromatic heterocycles. The van der Waals surface area contributed by atoms with Crippen LogP contribution >= 0.6 is 15.9 Å². The molecule has 0 aliphatic carbocycles. The minimum Gasteiger partial charge on any atom is -0.475 e. The summed E-state index contributed by atoms with van der Waals surface area (Å²) in [7, 11) is 0. The van der Waals surface area contributed by atoms with Gasteiger partial charge >= 0.3 is 0 Å². The van der Waals surface area contributed by atoms with Crippen LogP contribution in [0.25, 0.3) is 0 Å². The summed E-state index contributed by atoms with van der Waals surface area (Å²) < 4.78 is 5.69. The Hall–Kier alpha value is -0.880. The number of ether oxygens (including phenoxy) is 1. The fraction of sp³-hybridized carbons (Fsp3) is 0.714. The Kier molecular flexibility index (Phi) is 5.60. The standard InChI is InChI=1S/C14H23BrN4O/c1-11(2)20-13-10-12(3)16-14(17-13)19-8-6-18(5-4-15)7-9-19/h10-11H,4-9H2,1-3H3. The molecule has 1 aliphatic rings. The lowest BCUT2D eigenvalue weighted by Crippen LogP contribution is -2.47. The third kappa shape index (κ3) is 4.31. The molecule has 5 nitrogen and oxygen atoms in total. The van der Waals surface area contributed by atoms with Crippen molar-refractivity contribution < 1.29 is 4.74 Å². The summed E-state index contributed by atoms with van der Waals surface area (Å²) in [6, 6.07) is 1.89. The van der Waals surface area contributed by atoms with Crippen molar-refractivity contribution in [3.8, 4) is 5.88 Å². The van der Waals surface area contributed by atoms with Crippen LogP contribution in [0.15, 0.2) is 6.07 Å². The molecule has 20 heavy (non-hydrogen) atoms. The Morgan fingerprint density at radius 1 is 1.25 bits per heavy atom. The molecule has 0 spiro atoms. The normalized spacial score (nSPS) is 16.8. The molecule has 1 fully saturated rings. The van der Waals surface area contributed by atoms with Gasteiger partial charge in [-0.25, -0.2) is 4.98 Å². The molecule has 0 bridgehead atoms. The Morgan fingerprint density at radius 2 is 1.95 bits per heavy atom. The average molecular weight is 343 g/mol. The first-order valence-electron chi connectivity index (χ1n) is 7.14. The highest BCUT2D eigenvalue weighted by Gasteiger charge is 2.19. The summed E-state index contributed by atoms with van der Waals surface area (Å²) in [5.74, 6) is 1.46. The van der Waals surface area contributed by atoms with E-state index in [0.29, 0.717) is 5.88 Å². The SMILES string of the molecule is Cc1cc(OC(C)C)nc(N2CCN(CCBr)CC2)n1. The molecule has 1 aliphatic heterocycles. The lowest BCUT2D eigenvalue weighted by Gasteiger charge is -2.34. The highest BCUT2D eigenvalue weighted by molar-refractivity contribution is 9.09. The Labute approximate surface area is 129 Å². The topological polar surface area (TPSA) is 41.5 Å². The van der Waals surface area contributed by atoms with E-state index >= 15 is 0 Å². The number of anilines is 1. The van der Waals surface area contributed by atoms with Crippen molar-refractivity contribution in [1.82, 2.24) is 14.9 Å². The number of hydrogen-bond acceptors (Lipinski definition) is 5. The minimum atomic E-state index is 0.132. The highest BCUT2D eigenvalue weighted by Crippen LogP contribution is 2.18. The number of aryl methyl sites for hydroxylation is 1. The van der Waals surface area contributed by atoms with Crippen LogP contribution < -0.4 is 9.64 Å². The van der Waals surface area contributed by atoms with Gasteiger partial charge in [-0.05, 0) is 20.8 Å². The van der Waals surface area contributed by atoms with Crippen molar-refractivity contribution in [3.63, 3.8) is 0 Å². The summed E-state index contributed by atoms with van der Waals surface area (Å²) in [6.45, 7) is 11.2. The van der Waals surface area contributed by atoms with Crippen LogP contribution in [0.2, 0.25) is 0 Å². The number of aromatic nitrogens is 2. The molecule has 0 N–H and O–H groups in total. The summed E-state index contributed by atoms with van der Waals surface area (Å²) >= 11 is 3.49. The highest BCUT2D eigenvalue weighted by atomic mass is 79.9. The number of nitrogens with zero attached hydrogens (tertiary/aromatic N) is 4. The van der Waals surface area contributed by atoms with Crippen LogP contribution in [-0.2, 0) is 0 Å². The third-order valence-corrected chi connectivity index (χ3v) is 3.59. The van der Waals surface area contributed by atoms with Crippen LogP contribution in [0.4, 0.5) is 5.95 Å². The zero-order chi connectivity index (χ0) is 14.5. The van der Waals surface area contributed by atoms with Crippen LogP contribution in [0.1, 0.15) is 19.5 Å². The monoisotopic (exact) mass is 342 g/mol. The molecule has 0 unspecified atom stereocenters. The summed E-state index contributed by atoms with van der Waals surface area (Å²) in [4.78, 5) is 13.8. The van der Waals surface area contributed by atoms with Gasteiger partial charge in [0.15, 0.2) is 0 Å². The lowest BCUT2D eigenvalue weighted by molar-refractivity contribution is 0.231. The minimum absolute atomic E-state index is 0.132. The summed E-state index contributed by atoms with van der Waals surface area (Å²) in [5.41, 5.74) is 0.952. The zero-order valence-corrected chi connectivity index (χ0v) is 14.1. The predicted octanol–water partition coefficient (Wildman–Crippen LogP) is 2.09. The number of piperazine rings is 1. The average Bonchev–Trinajstić information content (AvgIpc) is 2.38. The van der Waals surface area contributed by atoms with Crippen LogP contribution in [0, 0.1) is 6.92 Å². The van der Waals surface area contributed by atoms with E-state index in [1.54, 1.807) is 0 Å². The summed E-state index contributed by atoms with van der Waals surface area (Å²) in [5, 5.41) is 1.03. The molecule has 0 atom stereocenters. The largest absolute Gasteiger partial charge is 0.475 e. The van der Waals surface area contributed by atoms with E-state index in [1.807, 2.05) is 26.8 Å². The maximum atomic E-state index is 5.69. The first kappa shape index (κ1) is 15.5. The summed E-state index contributed by atoms with van der Waals surface area (Å²) in [6.07, 6.45) is 0.132. The van der Waals surface area contributed by atoms with Gasteiger partial charge in [-0.3, -0.25) is 4.90 Å². The molecule has 0 saturated carbocycles. The Balaban J connectivity index is 2.03. The molecule has 1 aromatic rings. The van der Waals surface area contributed by atoms with Gasteiger partial charge in [-0.1, -0.05) is 15.9 Å². The molecule has 6 heteroatoms. The number of alkyl halides is 1. The second-order valence-electron chi connectivity index (χ2n) is 5.33. The van der Waals surface area contributed by atoms with Crippen LogP contribution in [0.3, 0.4) is 0 Å². The van der Waals surface area contributed by atoms with E-state index in [0.717, 1.165) is 49.7 Å². The number of halogens is 1. The van der Waals surface area contributed by atoms with Gasteiger partial charge in [0.2, 0.25) is 11.8 Å². The van der Waals surface area contributed by atoms with E-state index in [2.05, 4.69) is 35.7 Å². The lowest BCUT2D eigenvalue weighted by atomic mass is 10.3. The first-order valence-corrected chi connectivity index (χ1v) is 8.26. The van der Waals surface area contributed by atoms with Crippen molar-refractivity contribution in [2.75, 3.05) is 43.0 Å². The van der Waals surface area contributed by atoms with E-state index in [4.69, 9.17) is 4.74 Å². The fourth-order valence-corrected chi connectivity index (χ4v) is 2.76. The maximum absolute atomic E-state index is 5.69. The van der Waals surface area contributed by atoms with Gasteiger partial charge in [0.05, 0.1) is 6.10 Å². The van der Waals surface area contributed by atoms with Crippen molar-refractivity contribution in [1.29, 1.82) is 0 Å². The molecule has 2 rings (SSSR count). The van der Waals surface area contributed by atoms with E-state index in [1.165, 1.54) is 0 Å². The molecule has 0 radical (unpaired) electrons. The maximum Gasteiger partial charge on any atom is 0.228 e. The fourth-order valence-electron chi connectivity index (χ4n) is 2.26. The van der Waals surface area contributed by atoms with Crippen molar-refractivity contribution >= 4 is 21.9 Å². The molecule has 1 saturated heterocycles. The van der Waals surface area contributed by atoms with E-state index in [-0.39, 0.29) is 6.10 Å². The van der Waals surface area contributed by atoms with Crippen molar-refractivity contribution in [2.24, 2.45) is 0 Å². The van der Waals surface area contributed by atoms with Crippen LogP contribution in [0.5, 0.6) is 5.88 Å². The number of rotatable bonds is 5. The first-order chi connectivity index (χ1) is 9.58. The van der Waals surface area contributed by atoms with E-state index in [9.17, 15) is 0 Å². The van der Waals surface area contributed by atoms with Gasteiger partial charge in [0, 0.05) is 49.8 Å². The molecular formula is C14H23BrN4O.